The Morgan fingerprint density at radius 2 is 1.70 bits per heavy atom. The van der Waals surface area contributed by atoms with Gasteiger partial charge >= 0.3 is 0 Å². The first-order valence-corrected chi connectivity index (χ1v) is 8.99. The van der Waals surface area contributed by atoms with Crippen LogP contribution in [0.5, 0.6) is 0 Å². The van der Waals surface area contributed by atoms with Crippen LogP contribution >= 0.6 is 0 Å². The highest BCUT2D eigenvalue weighted by Gasteiger charge is 2.20. The Labute approximate surface area is 126 Å². The molecule has 1 N–H and O–H groups in total. The first kappa shape index (κ1) is 16.3. The Balaban J connectivity index is 1.40. The van der Waals surface area contributed by atoms with Gasteiger partial charge in [0.15, 0.2) is 0 Å². The minimum Gasteiger partial charge on any atom is -0.314 e. The fraction of sp³-hybridized carbons (Fsp3) is 1.00. The first-order chi connectivity index (χ1) is 9.79. The second-order valence-electron chi connectivity index (χ2n) is 6.78. The molecule has 0 amide bonds. The topological polar surface area (TPSA) is 18.5 Å². The Bertz CT molecular complexity index is 245. The van der Waals surface area contributed by atoms with Crippen molar-refractivity contribution in [3.05, 3.63) is 0 Å². The summed E-state index contributed by atoms with van der Waals surface area (Å²) in [5.74, 6) is 0. The number of unbranched alkanes of at least 4 members (excludes halogenated alkanes) is 3. The van der Waals surface area contributed by atoms with Gasteiger partial charge in [-0.25, -0.2) is 0 Å². The molecule has 0 bridgehead atoms. The largest absolute Gasteiger partial charge is 0.314 e. The monoisotopic (exact) mass is 281 g/mol. The van der Waals surface area contributed by atoms with Gasteiger partial charge in [0, 0.05) is 38.3 Å². The summed E-state index contributed by atoms with van der Waals surface area (Å²) >= 11 is 0. The minimum absolute atomic E-state index is 0.774. The highest BCUT2D eigenvalue weighted by molar-refractivity contribution is 4.80. The standard InChI is InChI=1S/C17H35N3/c1-3-16(2)20-14-12-19(13-15-20)11-7-5-4-6-10-18-17-8-9-17/h16-18H,3-15H2,1-2H3. The molecule has 3 heteroatoms. The zero-order valence-electron chi connectivity index (χ0n) is 13.7. The van der Waals surface area contributed by atoms with Crippen molar-refractivity contribution >= 4 is 0 Å². The Morgan fingerprint density at radius 3 is 2.35 bits per heavy atom. The third-order valence-corrected chi connectivity index (χ3v) is 5.03. The van der Waals surface area contributed by atoms with Crippen LogP contribution in [-0.2, 0) is 0 Å². The van der Waals surface area contributed by atoms with E-state index in [0.29, 0.717) is 0 Å². The van der Waals surface area contributed by atoms with Crippen LogP contribution in [0.4, 0.5) is 0 Å². The minimum atomic E-state index is 0.774. The molecule has 2 rings (SSSR count). The molecule has 1 saturated carbocycles. The molecular formula is C17H35N3. The fourth-order valence-electron chi connectivity index (χ4n) is 3.09. The molecule has 0 aromatic heterocycles. The third-order valence-electron chi connectivity index (χ3n) is 5.03. The number of piperazine rings is 1. The average Bonchev–Trinajstić information content (AvgIpc) is 3.30. The van der Waals surface area contributed by atoms with Crippen molar-refractivity contribution in [3.63, 3.8) is 0 Å². The highest BCUT2D eigenvalue weighted by atomic mass is 15.3. The van der Waals surface area contributed by atoms with Crippen molar-refractivity contribution in [1.29, 1.82) is 0 Å². The molecular weight excluding hydrogens is 246 g/mol. The van der Waals surface area contributed by atoms with Gasteiger partial charge in [-0.3, -0.25) is 4.90 Å². The van der Waals surface area contributed by atoms with Crippen molar-refractivity contribution in [2.24, 2.45) is 0 Å². The van der Waals surface area contributed by atoms with Gasteiger partial charge in [0.2, 0.25) is 0 Å². The maximum atomic E-state index is 3.60. The van der Waals surface area contributed by atoms with Crippen molar-refractivity contribution < 1.29 is 0 Å². The average molecular weight is 281 g/mol. The molecule has 3 nitrogen and oxygen atoms in total. The number of nitrogens with one attached hydrogen (secondary N) is 1. The summed E-state index contributed by atoms with van der Waals surface area (Å²) in [6.45, 7) is 12.4. The molecule has 1 heterocycles. The molecule has 1 aliphatic heterocycles. The zero-order valence-corrected chi connectivity index (χ0v) is 13.7. The van der Waals surface area contributed by atoms with Crippen molar-refractivity contribution in [1.82, 2.24) is 15.1 Å². The van der Waals surface area contributed by atoms with Crippen LogP contribution in [-0.4, -0.2) is 61.2 Å². The SMILES string of the molecule is CCC(C)N1CCN(CCCCCCNC2CC2)CC1. The summed E-state index contributed by atoms with van der Waals surface area (Å²) in [7, 11) is 0. The molecule has 0 spiro atoms. The molecule has 118 valence electrons. The van der Waals surface area contributed by atoms with E-state index in [2.05, 4.69) is 29.0 Å². The third kappa shape index (κ3) is 6.11. The predicted molar refractivity (Wildman–Crippen MR) is 87.3 cm³/mol. The van der Waals surface area contributed by atoms with E-state index in [-0.39, 0.29) is 0 Å². The molecule has 1 saturated heterocycles. The molecule has 2 fully saturated rings. The smallest absolute Gasteiger partial charge is 0.0113 e. The molecule has 1 aliphatic carbocycles. The van der Waals surface area contributed by atoms with E-state index in [1.165, 1.54) is 84.2 Å². The van der Waals surface area contributed by atoms with Crippen LogP contribution in [0.3, 0.4) is 0 Å². The van der Waals surface area contributed by atoms with E-state index < -0.39 is 0 Å². The lowest BCUT2D eigenvalue weighted by atomic mass is 10.1. The maximum Gasteiger partial charge on any atom is 0.0113 e. The van der Waals surface area contributed by atoms with Crippen molar-refractivity contribution in [2.75, 3.05) is 39.3 Å². The van der Waals surface area contributed by atoms with Crippen LogP contribution in [0.1, 0.15) is 58.8 Å². The summed E-state index contributed by atoms with van der Waals surface area (Å²) in [4.78, 5) is 5.32. The van der Waals surface area contributed by atoms with Gasteiger partial charge in [0.05, 0.1) is 0 Å². The maximum absolute atomic E-state index is 3.60. The molecule has 0 aromatic rings. The summed E-state index contributed by atoms with van der Waals surface area (Å²) in [5, 5.41) is 3.60. The number of hydrogen-bond acceptors (Lipinski definition) is 3. The van der Waals surface area contributed by atoms with Gasteiger partial charge in [0.1, 0.15) is 0 Å². The Morgan fingerprint density at radius 1 is 1.00 bits per heavy atom. The van der Waals surface area contributed by atoms with Crippen LogP contribution in [0.2, 0.25) is 0 Å². The van der Waals surface area contributed by atoms with Gasteiger partial charge in [0.25, 0.3) is 0 Å². The molecule has 2 aliphatic rings. The van der Waals surface area contributed by atoms with E-state index in [0.717, 1.165) is 12.1 Å². The quantitative estimate of drug-likeness (QED) is 0.621. The summed E-state index contributed by atoms with van der Waals surface area (Å²) < 4.78 is 0. The lowest BCUT2D eigenvalue weighted by molar-refractivity contribution is 0.0994. The van der Waals surface area contributed by atoms with Crippen LogP contribution in [0.25, 0.3) is 0 Å². The normalized spacial score (nSPS) is 23.1. The summed E-state index contributed by atoms with van der Waals surface area (Å²) in [6, 6.07) is 1.66. The number of rotatable bonds is 10. The van der Waals surface area contributed by atoms with Gasteiger partial charge in [-0.15, -0.1) is 0 Å². The molecule has 20 heavy (non-hydrogen) atoms. The van der Waals surface area contributed by atoms with E-state index in [1.54, 1.807) is 0 Å². The van der Waals surface area contributed by atoms with E-state index in [9.17, 15) is 0 Å². The lowest BCUT2D eigenvalue weighted by Crippen LogP contribution is -2.49. The van der Waals surface area contributed by atoms with E-state index >= 15 is 0 Å². The first-order valence-electron chi connectivity index (χ1n) is 8.99. The van der Waals surface area contributed by atoms with Crippen LogP contribution in [0, 0.1) is 0 Å². The second-order valence-corrected chi connectivity index (χ2v) is 6.78. The number of hydrogen-bond donors (Lipinski definition) is 1. The summed E-state index contributed by atoms with van der Waals surface area (Å²) in [5.41, 5.74) is 0. The molecule has 0 aromatic carbocycles. The lowest BCUT2D eigenvalue weighted by Gasteiger charge is -2.37. The van der Waals surface area contributed by atoms with Gasteiger partial charge in [-0.05, 0) is 52.1 Å². The predicted octanol–water partition coefficient (Wildman–Crippen LogP) is 2.71. The van der Waals surface area contributed by atoms with Gasteiger partial charge in [-0.1, -0.05) is 19.8 Å². The number of nitrogens with zero attached hydrogens (tertiary/aromatic N) is 2. The molecule has 1 unspecified atom stereocenters. The second kappa shape index (κ2) is 9.01. The zero-order chi connectivity index (χ0) is 14.2. The van der Waals surface area contributed by atoms with Crippen LogP contribution in [0.15, 0.2) is 0 Å². The van der Waals surface area contributed by atoms with Crippen molar-refractivity contribution in [2.45, 2.75) is 70.9 Å². The molecule has 0 radical (unpaired) electrons. The Hall–Kier alpha value is -0.120. The van der Waals surface area contributed by atoms with Crippen LogP contribution < -0.4 is 5.32 Å². The fourth-order valence-corrected chi connectivity index (χ4v) is 3.09. The van der Waals surface area contributed by atoms with E-state index in [4.69, 9.17) is 0 Å². The Kier molecular flexibility index (Phi) is 7.32. The highest BCUT2D eigenvalue weighted by Crippen LogP contribution is 2.18. The van der Waals surface area contributed by atoms with E-state index in [1.807, 2.05) is 0 Å². The van der Waals surface area contributed by atoms with Crippen molar-refractivity contribution in [3.8, 4) is 0 Å². The van der Waals surface area contributed by atoms with Gasteiger partial charge in [-0.2, -0.15) is 0 Å². The van der Waals surface area contributed by atoms with Gasteiger partial charge < -0.3 is 10.2 Å². The molecule has 1 atom stereocenters. The summed E-state index contributed by atoms with van der Waals surface area (Å²) in [6.07, 6.45) is 9.72.